The highest BCUT2D eigenvalue weighted by atomic mass is 32.1. The first-order chi connectivity index (χ1) is 8.09. The van der Waals surface area contributed by atoms with E-state index < -0.39 is 0 Å². The standard InChI is InChI=1S/C14H23NOS/c1-4-12-5-6-13(17-12)10-15-11-7-8-16-14(2,3)9-11/h5-6,11,15H,4,7-10H2,1-3H3. The number of aryl methyl sites for hydroxylation is 1. The molecule has 1 unspecified atom stereocenters. The lowest BCUT2D eigenvalue weighted by molar-refractivity contribution is -0.0630. The quantitative estimate of drug-likeness (QED) is 0.888. The van der Waals surface area contributed by atoms with E-state index in [0.717, 1.165) is 32.4 Å². The zero-order valence-corrected chi connectivity index (χ0v) is 11.9. The molecule has 2 rings (SSSR count). The molecule has 1 fully saturated rings. The Labute approximate surface area is 108 Å². The minimum atomic E-state index is 0.0416. The maximum Gasteiger partial charge on any atom is 0.0641 e. The molecule has 96 valence electrons. The first-order valence-corrected chi connectivity index (χ1v) is 7.35. The van der Waals surface area contributed by atoms with Gasteiger partial charge in [0.25, 0.3) is 0 Å². The van der Waals surface area contributed by atoms with Crippen LogP contribution in [-0.4, -0.2) is 18.2 Å². The fraction of sp³-hybridized carbons (Fsp3) is 0.714. The Morgan fingerprint density at radius 3 is 2.82 bits per heavy atom. The van der Waals surface area contributed by atoms with E-state index in [1.165, 1.54) is 9.75 Å². The van der Waals surface area contributed by atoms with Crippen molar-refractivity contribution < 1.29 is 4.74 Å². The summed E-state index contributed by atoms with van der Waals surface area (Å²) in [4.78, 5) is 2.93. The van der Waals surface area contributed by atoms with Crippen LogP contribution in [0.15, 0.2) is 12.1 Å². The first-order valence-electron chi connectivity index (χ1n) is 6.54. The monoisotopic (exact) mass is 253 g/mol. The average molecular weight is 253 g/mol. The fourth-order valence-corrected chi connectivity index (χ4v) is 3.27. The molecule has 3 heteroatoms. The van der Waals surface area contributed by atoms with Gasteiger partial charge in [-0.1, -0.05) is 6.92 Å². The smallest absolute Gasteiger partial charge is 0.0641 e. The second kappa shape index (κ2) is 5.51. The Kier molecular flexibility index (Phi) is 4.23. The molecular weight excluding hydrogens is 230 g/mol. The molecule has 1 saturated heterocycles. The number of hydrogen-bond acceptors (Lipinski definition) is 3. The lowest BCUT2D eigenvalue weighted by Gasteiger charge is -2.35. The zero-order valence-electron chi connectivity index (χ0n) is 11.1. The van der Waals surface area contributed by atoms with Gasteiger partial charge >= 0.3 is 0 Å². The molecule has 0 bridgehead atoms. The average Bonchev–Trinajstić information content (AvgIpc) is 2.73. The van der Waals surface area contributed by atoms with Gasteiger partial charge in [-0.3, -0.25) is 0 Å². The highest BCUT2D eigenvalue weighted by Crippen LogP contribution is 2.24. The highest BCUT2D eigenvalue weighted by molar-refractivity contribution is 7.11. The molecule has 2 nitrogen and oxygen atoms in total. The summed E-state index contributed by atoms with van der Waals surface area (Å²) in [6, 6.07) is 5.10. The minimum absolute atomic E-state index is 0.0416. The van der Waals surface area contributed by atoms with Gasteiger partial charge in [0, 0.05) is 28.9 Å². The Morgan fingerprint density at radius 2 is 2.18 bits per heavy atom. The third kappa shape index (κ3) is 3.80. The van der Waals surface area contributed by atoms with E-state index in [9.17, 15) is 0 Å². The van der Waals surface area contributed by atoms with E-state index in [4.69, 9.17) is 4.74 Å². The van der Waals surface area contributed by atoms with Gasteiger partial charge in [-0.2, -0.15) is 0 Å². The summed E-state index contributed by atoms with van der Waals surface area (Å²) >= 11 is 1.93. The molecule has 0 amide bonds. The number of thiophene rings is 1. The van der Waals surface area contributed by atoms with Gasteiger partial charge < -0.3 is 10.1 Å². The van der Waals surface area contributed by atoms with Crippen LogP contribution in [0.2, 0.25) is 0 Å². The van der Waals surface area contributed by atoms with Crippen LogP contribution in [0, 0.1) is 0 Å². The van der Waals surface area contributed by atoms with Crippen LogP contribution in [0.3, 0.4) is 0 Å². The molecule has 1 aromatic rings. The summed E-state index contributed by atoms with van der Waals surface area (Å²) < 4.78 is 5.73. The molecular formula is C14H23NOS. The van der Waals surface area contributed by atoms with Gasteiger partial charge in [-0.05, 0) is 45.2 Å². The molecule has 1 atom stereocenters. The Bertz CT molecular complexity index is 359. The highest BCUT2D eigenvalue weighted by Gasteiger charge is 2.28. The third-order valence-corrected chi connectivity index (χ3v) is 4.56. The van der Waals surface area contributed by atoms with Crippen molar-refractivity contribution in [2.45, 2.75) is 58.2 Å². The SMILES string of the molecule is CCc1ccc(CNC2CCOC(C)(C)C2)s1. The van der Waals surface area contributed by atoms with E-state index in [-0.39, 0.29) is 5.60 Å². The normalized spacial score (nSPS) is 23.8. The van der Waals surface area contributed by atoms with Gasteiger partial charge in [0.2, 0.25) is 0 Å². The molecule has 0 aliphatic carbocycles. The lowest BCUT2D eigenvalue weighted by Crippen LogP contribution is -2.43. The summed E-state index contributed by atoms with van der Waals surface area (Å²) in [5.74, 6) is 0. The summed E-state index contributed by atoms with van der Waals surface area (Å²) in [7, 11) is 0. The largest absolute Gasteiger partial charge is 0.375 e. The van der Waals surface area contributed by atoms with Gasteiger partial charge in [0.1, 0.15) is 0 Å². The van der Waals surface area contributed by atoms with E-state index in [0.29, 0.717) is 6.04 Å². The molecule has 0 spiro atoms. The van der Waals surface area contributed by atoms with Gasteiger partial charge in [0.05, 0.1) is 5.60 Å². The van der Waals surface area contributed by atoms with Crippen molar-refractivity contribution in [3.63, 3.8) is 0 Å². The summed E-state index contributed by atoms with van der Waals surface area (Å²) in [5.41, 5.74) is 0.0416. The Morgan fingerprint density at radius 1 is 1.41 bits per heavy atom. The van der Waals surface area contributed by atoms with Crippen LogP contribution in [0.1, 0.15) is 43.4 Å². The van der Waals surface area contributed by atoms with Crippen LogP contribution in [0.4, 0.5) is 0 Å². The van der Waals surface area contributed by atoms with Crippen molar-refractivity contribution in [1.82, 2.24) is 5.32 Å². The summed E-state index contributed by atoms with van der Waals surface area (Å²) in [5, 5.41) is 3.66. The first kappa shape index (κ1) is 13.1. The molecule has 0 aromatic carbocycles. The van der Waals surface area contributed by atoms with Crippen molar-refractivity contribution in [2.24, 2.45) is 0 Å². The van der Waals surface area contributed by atoms with Crippen molar-refractivity contribution in [1.29, 1.82) is 0 Å². The second-order valence-corrected chi connectivity index (χ2v) is 6.65. The number of rotatable bonds is 4. The van der Waals surface area contributed by atoms with Crippen molar-refractivity contribution in [3.8, 4) is 0 Å². The van der Waals surface area contributed by atoms with Crippen LogP contribution >= 0.6 is 11.3 Å². The number of nitrogens with one attached hydrogen (secondary N) is 1. The van der Waals surface area contributed by atoms with E-state index in [2.05, 4.69) is 38.2 Å². The second-order valence-electron chi connectivity index (χ2n) is 5.40. The predicted molar refractivity (Wildman–Crippen MR) is 73.6 cm³/mol. The van der Waals surface area contributed by atoms with Crippen molar-refractivity contribution in [3.05, 3.63) is 21.9 Å². The molecule has 0 saturated carbocycles. The Balaban J connectivity index is 1.81. The van der Waals surface area contributed by atoms with Crippen molar-refractivity contribution >= 4 is 11.3 Å². The molecule has 1 aliphatic rings. The molecule has 1 aliphatic heterocycles. The van der Waals surface area contributed by atoms with Crippen LogP contribution in [0.5, 0.6) is 0 Å². The zero-order chi connectivity index (χ0) is 12.3. The van der Waals surface area contributed by atoms with E-state index >= 15 is 0 Å². The fourth-order valence-electron chi connectivity index (χ4n) is 2.36. The van der Waals surface area contributed by atoms with Crippen molar-refractivity contribution in [2.75, 3.05) is 6.61 Å². The molecule has 0 radical (unpaired) electrons. The predicted octanol–water partition coefficient (Wildman–Crippen LogP) is 3.36. The van der Waals surface area contributed by atoms with Crippen LogP contribution in [0.25, 0.3) is 0 Å². The summed E-state index contributed by atoms with van der Waals surface area (Å²) in [6.07, 6.45) is 3.39. The molecule has 1 N–H and O–H groups in total. The minimum Gasteiger partial charge on any atom is -0.375 e. The lowest BCUT2D eigenvalue weighted by atomic mass is 9.94. The molecule has 2 heterocycles. The third-order valence-electron chi connectivity index (χ3n) is 3.33. The Hall–Kier alpha value is -0.380. The number of ether oxygens (including phenoxy) is 1. The molecule has 17 heavy (non-hydrogen) atoms. The van der Waals surface area contributed by atoms with Gasteiger partial charge in [-0.25, -0.2) is 0 Å². The van der Waals surface area contributed by atoms with Crippen LogP contribution < -0.4 is 5.32 Å². The maximum atomic E-state index is 5.73. The molecule has 1 aromatic heterocycles. The van der Waals surface area contributed by atoms with Gasteiger partial charge in [0.15, 0.2) is 0 Å². The summed E-state index contributed by atoms with van der Waals surface area (Å²) in [6.45, 7) is 8.47. The van der Waals surface area contributed by atoms with Gasteiger partial charge in [-0.15, -0.1) is 11.3 Å². The topological polar surface area (TPSA) is 21.3 Å². The van der Waals surface area contributed by atoms with E-state index in [1.54, 1.807) is 0 Å². The number of hydrogen-bond donors (Lipinski definition) is 1. The van der Waals surface area contributed by atoms with E-state index in [1.807, 2.05) is 11.3 Å². The maximum absolute atomic E-state index is 5.73. The van der Waals surface area contributed by atoms with Crippen LogP contribution in [-0.2, 0) is 17.7 Å².